The molecule has 0 saturated carbocycles. The summed E-state index contributed by atoms with van der Waals surface area (Å²) in [6.45, 7) is 5.47. The average Bonchev–Trinajstić information content (AvgIpc) is 3.52. The molecule has 2 aliphatic heterocycles. The first-order chi connectivity index (χ1) is 17.0. The summed E-state index contributed by atoms with van der Waals surface area (Å²) >= 11 is 1.47. The molecule has 2 aromatic heterocycles. The van der Waals surface area contributed by atoms with Gasteiger partial charge in [0, 0.05) is 56.1 Å². The molecule has 1 unspecified atom stereocenters. The third kappa shape index (κ3) is 5.35. The molecule has 0 spiro atoms. The van der Waals surface area contributed by atoms with Crippen LogP contribution in [0.2, 0.25) is 0 Å². The van der Waals surface area contributed by atoms with Crippen LogP contribution in [0.15, 0.2) is 30.6 Å². The maximum atomic E-state index is 14.2. The first-order valence-corrected chi connectivity index (χ1v) is 12.8. The molecule has 8 nitrogen and oxygen atoms in total. The van der Waals surface area contributed by atoms with Gasteiger partial charge in [0.05, 0.1) is 19.0 Å². The smallest absolute Gasteiger partial charge is 0.225 e. The van der Waals surface area contributed by atoms with Crippen molar-refractivity contribution in [1.29, 1.82) is 0 Å². The van der Waals surface area contributed by atoms with Crippen LogP contribution in [0.1, 0.15) is 37.1 Å². The van der Waals surface area contributed by atoms with Crippen molar-refractivity contribution in [2.45, 2.75) is 38.1 Å². The summed E-state index contributed by atoms with van der Waals surface area (Å²) in [6.07, 6.45) is 6.24. The van der Waals surface area contributed by atoms with Gasteiger partial charge in [0.25, 0.3) is 0 Å². The van der Waals surface area contributed by atoms with Crippen molar-refractivity contribution in [2.75, 3.05) is 42.6 Å². The van der Waals surface area contributed by atoms with Gasteiger partial charge in [-0.2, -0.15) is 4.37 Å². The second kappa shape index (κ2) is 10.4. The Morgan fingerprint density at radius 1 is 1.11 bits per heavy atom. The van der Waals surface area contributed by atoms with Crippen LogP contribution >= 0.6 is 11.5 Å². The van der Waals surface area contributed by atoms with Crippen molar-refractivity contribution < 1.29 is 13.5 Å². The Morgan fingerprint density at radius 2 is 1.89 bits per heavy atom. The number of nitrogens with two attached hydrogens (primary N) is 1. The molecule has 186 valence electrons. The fourth-order valence-corrected chi connectivity index (χ4v) is 5.49. The standard InChI is InChI=1S/C24H29F2N7OS/c1-2-22-30-24(35-31-22)32-7-5-15(6-8-32)14-34-17-10-28-23(29-11-17)33-12-19(21(27)13-33)18-9-16(25)3-4-20(18)26/h3-4,9-11,15,19,21H,2,5-8,12-14,27H2,1H3/t19-,21?/m1/s1. The highest BCUT2D eigenvalue weighted by Gasteiger charge is 2.34. The van der Waals surface area contributed by atoms with E-state index in [0.29, 0.717) is 42.9 Å². The molecular weight excluding hydrogens is 472 g/mol. The highest BCUT2D eigenvalue weighted by atomic mass is 32.1. The second-order valence-electron chi connectivity index (χ2n) is 9.15. The van der Waals surface area contributed by atoms with E-state index >= 15 is 0 Å². The fourth-order valence-electron chi connectivity index (χ4n) is 4.69. The molecule has 5 rings (SSSR count). The highest BCUT2D eigenvalue weighted by Crippen LogP contribution is 2.31. The molecule has 0 radical (unpaired) electrons. The van der Waals surface area contributed by atoms with E-state index in [0.717, 1.165) is 55.4 Å². The molecule has 2 atom stereocenters. The lowest BCUT2D eigenvalue weighted by Crippen LogP contribution is -2.35. The van der Waals surface area contributed by atoms with Crippen LogP contribution in [-0.2, 0) is 6.42 Å². The molecule has 2 saturated heterocycles. The van der Waals surface area contributed by atoms with Crippen molar-refractivity contribution in [3.8, 4) is 5.75 Å². The van der Waals surface area contributed by atoms with E-state index in [2.05, 4.69) is 31.1 Å². The second-order valence-corrected chi connectivity index (χ2v) is 9.88. The van der Waals surface area contributed by atoms with Crippen molar-refractivity contribution in [3.63, 3.8) is 0 Å². The zero-order valence-electron chi connectivity index (χ0n) is 19.6. The van der Waals surface area contributed by atoms with Crippen LogP contribution in [-0.4, -0.2) is 58.2 Å². The summed E-state index contributed by atoms with van der Waals surface area (Å²) in [4.78, 5) is 17.7. The van der Waals surface area contributed by atoms with Gasteiger partial charge >= 0.3 is 0 Å². The summed E-state index contributed by atoms with van der Waals surface area (Å²) in [5.74, 6) is 1.24. The molecule has 0 aliphatic carbocycles. The maximum Gasteiger partial charge on any atom is 0.225 e. The van der Waals surface area contributed by atoms with Gasteiger partial charge in [0.2, 0.25) is 11.1 Å². The molecule has 2 aliphatic rings. The van der Waals surface area contributed by atoms with E-state index in [1.54, 1.807) is 12.4 Å². The minimum Gasteiger partial charge on any atom is -0.490 e. The normalized spacial score (nSPS) is 21.0. The Labute approximate surface area is 207 Å². The van der Waals surface area contributed by atoms with Gasteiger partial charge in [-0.15, -0.1) is 0 Å². The Bertz CT molecular complexity index is 1140. The van der Waals surface area contributed by atoms with E-state index < -0.39 is 11.6 Å². The summed E-state index contributed by atoms with van der Waals surface area (Å²) in [5.41, 5.74) is 6.55. The Morgan fingerprint density at radius 3 is 2.60 bits per heavy atom. The monoisotopic (exact) mass is 501 g/mol. The summed E-state index contributed by atoms with van der Waals surface area (Å²) in [7, 11) is 0. The number of nitrogens with zero attached hydrogens (tertiary/aromatic N) is 6. The first kappa shape index (κ1) is 23.8. The molecule has 4 heterocycles. The van der Waals surface area contributed by atoms with E-state index in [1.807, 2.05) is 4.90 Å². The number of benzene rings is 1. The number of aryl methyl sites for hydroxylation is 1. The third-order valence-corrected chi connectivity index (χ3v) is 7.58. The number of hydrogen-bond acceptors (Lipinski definition) is 9. The zero-order chi connectivity index (χ0) is 24.4. The van der Waals surface area contributed by atoms with Gasteiger partial charge in [0.15, 0.2) is 5.75 Å². The number of halogens is 2. The van der Waals surface area contributed by atoms with Crippen LogP contribution in [0.25, 0.3) is 0 Å². The molecule has 0 amide bonds. The number of rotatable bonds is 7. The van der Waals surface area contributed by atoms with E-state index in [1.165, 1.54) is 17.6 Å². The number of anilines is 2. The van der Waals surface area contributed by atoms with Crippen molar-refractivity contribution >= 4 is 22.6 Å². The number of ether oxygens (including phenoxy) is 1. The number of hydrogen-bond donors (Lipinski definition) is 1. The van der Waals surface area contributed by atoms with Crippen LogP contribution in [0.4, 0.5) is 19.9 Å². The van der Waals surface area contributed by atoms with E-state index in [9.17, 15) is 8.78 Å². The molecule has 2 N–H and O–H groups in total. The Hall–Kier alpha value is -2.92. The van der Waals surface area contributed by atoms with Gasteiger partial charge in [0.1, 0.15) is 17.5 Å². The largest absolute Gasteiger partial charge is 0.490 e. The van der Waals surface area contributed by atoms with Crippen LogP contribution in [0.5, 0.6) is 5.75 Å². The third-order valence-electron chi connectivity index (χ3n) is 6.76. The zero-order valence-corrected chi connectivity index (χ0v) is 20.4. The Kier molecular flexibility index (Phi) is 7.05. The van der Waals surface area contributed by atoms with E-state index in [-0.39, 0.29) is 12.0 Å². The predicted octanol–water partition coefficient (Wildman–Crippen LogP) is 3.40. The molecule has 3 aromatic rings. The van der Waals surface area contributed by atoms with Gasteiger partial charge in [-0.1, -0.05) is 6.92 Å². The number of aromatic nitrogens is 4. The predicted molar refractivity (Wildman–Crippen MR) is 131 cm³/mol. The van der Waals surface area contributed by atoms with E-state index in [4.69, 9.17) is 10.5 Å². The maximum absolute atomic E-state index is 14.2. The van der Waals surface area contributed by atoms with Gasteiger partial charge in [-0.05, 0) is 42.5 Å². The topological polar surface area (TPSA) is 93.3 Å². The molecule has 11 heteroatoms. The summed E-state index contributed by atoms with van der Waals surface area (Å²) in [6, 6.07) is 3.14. The summed E-state index contributed by atoms with van der Waals surface area (Å²) in [5, 5.41) is 1.01. The molecule has 35 heavy (non-hydrogen) atoms. The van der Waals surface area contributed by atoms with Crippen LogP contribution in [0, 0.1) is 17.6 Å². The van der Waals surface area contributed by atoms with Crippen molar-refractivity contribution in [3.05, 3.63) is 53.6 Å². The van der Waals surface area contributed by atoms with Gasteiger partial charge in [-0.3, -0.25) is 0 Å². The van der Waals surface area contributed by atoms with Crippen molar-refractivity contribution in [1.82, 2.24) is 19.3 Å². The fraction of sp³-hybridized carbons (Fsp3) is 0.500. The van der Waals surface area contributed by atoms with Crippen LogP contribution < -0.4 is 20.3 Å². The molecule has 1 aromatic carbocycles. The van der Waals surface area contributed by atoms with Gasteiger partial charge in [-0.25, -0.2) is 23.7 Å². The minimum atomic E-state index is -0.471. The minimum absolute atomic E-state index is 0.294. The SMILES string of the molecule is CCc1nsc(N2CCC(COc3cnc(N4CC(N)[C@@H](c5cc(F)ccc5F)C4)nc3)CC2)n1. The first-order valence-electron chi connectivity index (χ1n) is 12.0. The average molecular weight is 502 g/mol. The lowest BCUT2D eigenvalue weighted by Gasteiger charge is -2.31. The molecule has 2 fully saturated rings. The van der Waals surface area contributed by atoms with Gasteiger partial charge < -0.3 is 20.3 Å². The number of piperidine rings is 1. The van der Waals surface area contributed by atoms with Crippen LogP contribution in [0.3, 0.4) is 0 Å². The molecular formula is C24H29F2N7OS. The highest BCUT2D eigenvalue weighted by molar-refractivity contribution is 7.09. The summed E-state index contributed by atoms with van der Waals surface area (Å²) < 4.78 is 38.2. The lowest BCUT2D eigenvalue weighted by molar-refractivity contribution is 0.221. The molecule has 0 bridgehead atoms. The lowest BCUT2D eigenvalue weighted by atomic mass is 9.94. The quantitative estimate of drug-likeness (QED) is 0.527. The van der Waals surface area contributed by atoms with Crippen molar-refractivity contribution in [2.24, 2.45) is 11.7 Å². The Balaban J connectivity index is 1.12.